The number of nitrogens with zero attached hydrogens (tertiary/aromatic N) is 2. The number of aliphatic hydroxyl groups is 1. The summed E-state index contributed by atoms with van der Waals surface area (Å²) in [5, 5.41) is 20.2. The summed E-state index contributed by atoms with van der Waals surface area (Å²) in [6, 6.07) is 9.17. The number of aryl methyl sites for hydroxylation is 2. The summed E-state index contributed by atoms with van der Waals surface area (Å²) in [6.07, 6.45) is 1.19. The summed E-state index contributed by atoms with van der Waals surface area (Å²) in [6.45, 7) is 7.97. The number of anilines is 1. The number of hydrogen-bond donors (Lipinski definition) is 3. The molecule has 1 heterocycles. The molecule has 0 fully saturated rings. The Kier molecular flexibility index (Phi) is 5.62. The zero-order valence-electron chi connectivity index (χ0n) is 14.8. The SMILES string of the molecule is CCC(O)(CC)CNC(=O)Nc1cccc(-n2nc(C)cc2C)c1. The Balaban J connectivity index is 2.04. The Morgan fingerprint density at radius 1 is 1.25 bits per heavy atom. The van der Waals surface area contributed by atoms with Crippen LogP contribution in [-0.4, -0.2) is 33.1 Å². The van der Waals surface area contributed by atoms with E-state index in [0.29, 0.717) is 18.5 Å². The highest BCUT2D eigenvalue weighted by molar-refractivity contribution is 5.89. The van der Waals surface area contributed by atoms with E-state index in [2.05, 4.69) is 15.7 Å². The highest BCUT2D eigenvalue weighted by atomic mass is 16.3. The van der Waals surface area contributed by atoms with E-state index in [9.17, 15) is 9.90 Å². The van der Waals surface area contributed by atoms with Crippen molar-refractivity contribution in [1.29, 1.82) is 0 Å². The predicted molar refractivity (Wildman–Crippen MR) is 95.6 cm³/mol. The quantitative estimate of drug-likeness (QED) is 0.761. The Hall–Kier alpha value is -2.34. The van der Waals surface area contributed by atoms with Crippen molar-refractivity contribution < 1.29 is 9.90 Å². The third kappa shape index (κ3) is 4.35. The molecule has 0 atom stereocenters. The standard InChI is InChI=1S/C18H26N4O2/c1-5-18(24,6-2)12-19-17(23)20-15-8-7-9-16(11-15)22-14(4)10-13(3)21-22/h7-11,24H,5-6,12H2,1-4H3,(H2,19,20,23). The first-order valence-electron chi connectivity index (χ1n) is 8.28. The molecule has 0 unspecified atom stereocenters. The molecule has 0 bridgehead atoms. The second-order valence-corrected chi connectivity index (χ2v) is 6.13. The molecular weight excluding hydrogens is 304 g/mol. The van der Waals surface area contributed by atoms with Crippen LogP contribution in [0, 0.1) is 13.8 Å². The zero-order chi connectivity index (χ0) is 17.7. The molecule has 1 aromatic heterocycles. The molecule has 24 heavy (non-hydrogen) atoms. The average Bonchev–Trinajstić information content (AvgIpc) is 2.91. The van der Waals surface area contributed by atoms with Crippen molar-refractivity contribution in [2.24, 2.45) is 0 Å². The van der Waals surface area contributed by atoms with Crippen molar-refractivity contribution in [2.75, 3.05) is 11.9 Å². The van der Waals surface area contributed by atoms with Crippen molar-refractivity contribution in [2.45, 2.75) is 46.1 Å². The fraction of sp³-hybridized carbons (Fsp3) is 0.444. The van der Waals surface area contributed by atoms with E-state index in [1.54, 1.807) is 0 Å². The molecule has 0 aliphatic carbocycles. The maximum atomic E-state index is 12.1. The largest absolute Gasteiger partial charge is 0.388 e. The van der Waals surface area contributed by atoms with Crippen LogP contribution < -0.4 is 10.6 Å². The van der Waals surface area contributed by atoms with Gasteiger partial charge in [-0.2, -0.15) is 5.10 Å². The highest BCUT2D eigenvalue weighted by Gasteiger charge is 2.22. The first-order valence-corrected chi connectivity index (χ1v) is 8.28. The number of benzene rings is 1. The Morgan fingerprint density at radius 2 is 1.96 bits per heavy atom. The van der Waals surface area contributed by atoms with E-state index in [-0.39, 0.29) is 12.6 Å². The van der Waals surface area contributed by atoms with Crippen LogP contribution in [0.5, 0.6) is 0 Å². The van der Waals surface area contributed by atoms with E-state index in [0.717, 1.165) is 17.1 Å². The van der Waals surface area contributed by atoms with Gasteiger partial charge in [0.05, 0.1) is 17.0 Å². The minimum atomic E-state index is -0.858. The summed E-state index contributed by atoms with van der Waals surface area (Å²) in [4.78, 5) is 12.1. The number of aromatic nitrogens is 2. The predicted octanol–water partition coefficient (Wildman–Crippen LogP) is 3.16. The second kappa shape index (κ2) is 7.49. The summed E-state index contributed by atoms with van der Waals surface area (Å²) in [7, 11) is 0. The van der Waals surface area contributed by atoms with Gasteiger partial charge in [0.25, 0.3) is 0 Å². The molecule has 1 aromatic carbocycles. The molecule has 0 aliphatic rings. The van der Waals surface area contributed by atoms with E-state index in [1.807, 2.05) is 62.7 Å². The molecule has 2 rings (SSSR count). The van der Waals surface area contributed by atoms with Crippen LogP contribution >= 0.6 is 0 Å². The lowest BCUT2D eigenvalue weighted by Gasteiger charge is -2.25. The molecule has 0 aliphatic heterocycles. The van der Waals surface area contributed by atoms with Crippen LogP contribution in [-0.2, 0) is 0 Å². The second-order valence-electron chi connectivity index (χ2n) is 6.13. The number of amides is 2. The molecule has 0 spiro atoms. The monoisotopic (exact) mass is 330 g/mol. The van der Waals surface area contributed by atoms with E-state index in [4.69, 9.17) is 0 Å². The first-order chi connectivity index (χ1) is 11.4. The smallest absolute Gasteiger partial charge is 0.319 e. The zero-order valence-corrected chi connectivity index (χ0v) is 14.8. The molecule has 2 amide bonds. The van der Waals surface area contributed by atoms with Gasteiger partial charge in [-0.1, -0.05) is 19.9 Å². The topological polar surface area (TPSA) is 79.2 Å². The highest BCUT2D eigenvalue weighted by Crippen LogP contribution is 2.17. The molecule has 3 N–H and O–H groups in total. The van der Waals surface area contributed by atoms with Gasteiger partial charge in [-0.05, 0) is 51.0 Å². The molecule has 130 valence electrons. The van der Waals surface area contributed by atoms with Gasteiger partial charge in [-0.25, -0.2) is 9.48 Å². The van der Waals surface area contributed by atoms with Gasteiger partial charge < -0.3 is 15.7 Å². The molecule has 6 heteroatoms. The van der Waals surface area contributed by atoms with Crippen molar-refractivity contribution in [1.82, 2.24) is 15.1 Å². The number of urea groups is 1. The minimum Gasteiger partial charge on any atom is -0.388 e. The van der Waals surface area contributed by atoms with Gasteiger partial charge >= 0.3 is 6.03 Å². The summed E-state index contributed by atoms with van der Waals surface area (Å²) >= 11 is 0. The summed E-state index contributed by atoms with van der Waals surface area (Å²) in [5.74, 6) is 0. The lowest BCUT2D eigenvalue weighted by Crippen LogP contribution is -2.43. The lowest BCUT2D eigenvalue weighted by molar-refractivity contribution is 0.0354. The Labute approximate surface area is 142 Å². The molecule has 6 nitrogen and oxygen atoms in total. The number of hydrogen-bond acceptors (Lipinski definition) is 3. The van der Waals surface area contributed by atoms with Gasteiger partial charge in [0.15, 0.2) is 0 Å². The average molecular weight is 330 g/mol. The molecule has 0 saturated carbocycles. The molecule has 2 aromatic rings. The third-order valence-electron chi connectivity index (χ3n) is 4.25. The number of rotatable bonds is 6. The van der Waals surface area contributed by atoms with Crippen molar-refractivity contribution >= 4 is 11.7 Å². The normalized spacial score (nSPS) is 11.4. The lowest BCUT2D eigenvalue weighted by atomic mass is 9.98. The van der Waals surface area contributed by atoms with Crippen molar-refractivity contribution in [3.05, 3.63) is 41.7 Å². The summed E-state index contributed by atoms with van der Waals surface area (Å²) in [5.41, 5.74) is 2.68. The fourth-order valence-corrected chi connectivity index (χ4v) is 2.53. The number of carbonyl (C=O) groups is 1. The maximum absolute atomic E-state index is 12.1. The molecule has 0 saturated heterocycles. The van der Waals surface area contributed by atoms with Gasteiger partial charge in [0.1, 0.15) is 0 Å². The van der Waals surface area contributed by atoms with Crippen LogP contribution in [0.15, 0.2) is 30.3 Å². The van der Waals surface area contributed by atoms with Gasteiger partial charge in [-0.3, -0.25) is 0 Å². The van der Waals surface area contributed by atoms with Gasteiger partial charge in [0.2, 0.25) is 0 Å². The molecular formula is C18H26N4O2. The van der Waals surface area contributed by atoms with E-state index < -0.39 is 5.60 Å². The van der Waals surface area contributed by atoms with Crippen molar-refractivity contribution in [3.8, 4) is 5.69 Å². The van der Waals surface area contributed by atoms with Crippen LogP contribution in [0.4, 0.5) is 10.5 Å². The van der Waals surface area contributed by atoms with Crippen LogP contribution in [0.2, 0.25) is 0 Å². The van der Waals surface area contributed by atoms with Crippen LogP contribution in [0.25, 0.3) is 5.69 Å². The third-order valence-corrected chi connectivity index (χ3v) is 4.25. The summed E-state index contributed by atoms with van der Waals surface area (Å²) < 4.78 is 1.84. The van der Waals surface area contributed by atoms with Crippen molar-refractivity contribution in [3.63, 3.8) is 0 Å². The number of nitrogens with one attached hydrogen (secondary N) is 2. The van der Waals surface area contributed by atoms with Crippen LogP contribution in [0.3, 0.4) is 0 Å². The van der Waals surface area contributed by atoms with E-state index in [1.165, 1.54) is 0 Å². The maximum Gasteiger partial charge on any atom is 0.319 e. The Morgan fingerprint density at radius 3 is 2.54 bits per heavy atom. The van der Waals surface area contributed by atoms with Crippen LogP contribution in [0.1, 0.15) is 38.1 Å². The first kappa shape index (κ1) is 18.0. The Bertz CT molecular complexity index is 705. The fourth-order valence-electron chi connectivity index (χ4n) is 2.53. The molecule has 0 radical (unpaired) electrons. The van der Waals surface area contributed by atoms with Gasteiger partial charge in [0, 0.05) is 17.9 Å². The van der Waals surface area contributed by atoms with Gasteiger partial charge in [-0.15, -0.1) is 0 Å². The van der Waals surface area contributed by atoms with E-state index >= 15 is 0 Å². The number of carbonyl (C=O) groups excluding carboxylic acids is 1. The minimum absolute atomic E-state index is 0.225.